The van der Waals surface area contributed by atoms with Crippen LogP contribution in [0.5, 0.6) is 5.75 Å². The summed E-state index contributed by atoms with van der Waals surface area (Å²) >= 11 is 0. The Balaban J connectivity index is 1.74. The van der Waals surface area contributed by atoms with Gasteiger partial charge in [0.05, 0.1) is 11.4 Å². The Morgan fingerprint density at radius 3 is 2.43 bits per heavy atom. The Bertz CT molecular complexity index is 985. The van der Waals surface area contributed by atoms with Crippen molar-refractivity contribution in [1.29, 1.82) is 0 Å². The number of anilines is 2. The van der Waals surface area contributed by atoms with E-state index in [9.17, 15) is 14.4 Å². The summed E-state index contributed by atoms with van der Waals surface area (Å²) in [5.74, 6) is -0.922. The molecule has 2 aromatic carbocycles. The molecule has 2 atom stereocenters. The maximum atomic E-state index is 13.2. The second kappa shape index (κ2) is 8.18. The molecule has 0 saturated carbocycles. The van der Waals surface area contributed by atoms with Gasteiger partial charge in [0.2, 0.25) is 5.91 Å². The van der Waals surface area contributed by atoms with Crippen LogP contribution in [-0.2, 0) is 19.1 Å². The van der Waals surface area contributed by atoms with E-state index < -0.39 is 29.6 Å². The third-order valence-electron chi connectivity index (χ3n) is 5.00. The molecular weight excluding hydrogens is 384 g/mol. The summed E-state index contributed by atoms with van der Waals surface area (Å²) in [6.45, 7) is 8.27. The molecule has 7 heteroatoms. The number of nitrogens with zero attached hydrogens (tertiary/aromatic N) is 1. The molecule has 158 valence electrons. The fourth-order valence-corrected chi connectivity index (χ4v) is 3.29. The highest BCUT2D eigenvalue weighted by molar-refractivity contribution is 6.15. The van der Waals surface area contributed by atoms with Crippen LogP contribution in [0, 0.1) is 6.92 Å². The van der Waals surface area contributed by atoms with Crippen molar-refractivity contribution in [2.75, 3.05) is 10.2 Å². The first kappa shape index (κ1) is 21.4. The van der Waals surface area contributed by atoms with Gasteiger partial charge in [0.1, 0.15) is 11.3 Å². The van der Waals surface area contributed by atoms with Gasteiger partial charge in [-0.15, -0.1) is 0 Å². The number of esters is 1. The lowest BCUT2D eigenvalue weighted by Crippen LogP contribution is -2.60. The Kier molecular flexibility index (Phi) is 5.82. The van der Waals surface area contributed by atoms with Crippen LogP contribution in [-0.4, -0.2) is 35.5 Å². The molecule has 0 fully saturated rings. The first-order valence-electron chi connectivity index (χ1n) is 9.79. The molecule has 0 aromatic heterocycles. The summed E-state index contributed by atoms with van der Waals surface area (Å²) in [4.78, 5) is 39.6. The molecule has 1 N–H and O–H groups in total. The van der Waals surface area contributed by atoms with Crippen LogP contribution in [0.1, 0.15) is 33.3 Å². The number of amides is 2. The number of hydrogen-bond acceptors (Lipinski definition) is 5. The highest BCUT2D eigenvalue weighted by Gasteiger charge is 2.45. The van der Waals surface area contributed by atoms with Gasteiger partial charge in [-0.2, -0.15) is 0 Å². The van der Waals surface area contributed by atoms with Crippen LogP contribution in [0.2, 0.25) is 0 Å². The van der Waals surface area contributed by atoms with E-state index in [1.807, 2.05) is 25.1 Å². The Morgan fingerprint density at radius 1 is 1.03 bits per heavy atom. The number of aryl methyl sites for hydroxylation is 1. The van der Waals surface area contributed by atoms with Gasteiger partial charge in [-0.1, -0.05) is 24.3 Å². The van der Waals surface area contributed by atoms with Gasteiger partial charge < -0.3 is 14.8 Å². The van der Waals surface area contributed by atoms with Gasteiger partial charge in [0.15, 0.2) is 12.2 Å². The number of hydrogen-bond donors (Lipinski definition) is 1. The fraction of sp³-hybridized carbons (Fsp3) is 0.348. The molecule has 3 rings (SSSR count). The highest BCUT2D eigenvalue weighted by atomic mass is 16.6. The molecule has 2 aromatic rings. The van der Waals surface area contributed by atoms with E-state index in [-0.39, 0.29) is 5.91 Å². The van der Waals surface area contributed by atoms with E-state index in [4.69, 9.17) is 9.47 Å². The SMILES string of the molecule is Cc1cccc(O[C@H](C)C(=O)O[C@@H](C)C(=O)N2c3ccccc3NC(=O)C2(C)C)c1. The van der Waals surface area contributed by atoms with E-state index in [0.717, 1.165) is 5.56 Å². The Labute approximate surface area is 176 Å². The number of carbonyl (C=O) groups excluding carboxylic acids is 3. The molecule has 0 saturated heterocycles. The molecule has 1 heterocycles. The number of carbonyl (C=O) groups is 3. The zero-order valence-electron chi connectivity index (χ0n) is 17.8. The second-order valence-corrected chi connectivity index (χ2v) is 7.86. The van der Waals surface area contributed by atoms with Gasteiger partial charge in [0.25, 0.3) is 5.91 Å². The molecule has 0 aliphatic carbocycles. The maximum absolute atomic E-state index is 13.2. The second-order valence-electron chi connectivity index (χ2n) is 7.86. The van der Waals surface area contributed by atoms with Gasteiger partial charge in [-0.3, -0.25) is 14.5 Å². The van der Waals surface area contributed by atoms with Crippen LogP contribution in [0.25, 0.3) is 0 Å². The lowest BCUT2D eigenvalue weighted by Gasteiger charge is -2.42. The molecule has 0 spiro atoms. The number of benzene rings is 2. The molecule has 0 unspecified atom stereocenters. The third kappa shape index (κ3) is 4.15. The lowest BCUT2D eigenvalue weighted by molar-refractivity contribution is -0.160. The van der Waals surface area contributed by atoms with Crippen LogP contribution < -0.4 is 15.0 Å². The van der Waals surface area contributed by atoms with Crippen molar-refractivity contribution in [2.45, 2.75) is 52.4 Å². The number of nitrogens with one attached hydrogen (secondary N) is 1. The molecule has 0 radical (unpaired) electrons. The van der Waals surface area contributed by atoms with Crippen molar-refractivity contribution in [3.8, 4) is 5.75 Å². The quantitative estimate of drug-likeness (QED) is 0.763. The topological polar surface area (TPSA) is 84.9 Å². The van der Waals surface area contributed by atoms with Crippen molar-refractivity contribution < 1.29 is 23.9 Å². The normalized spacial score (nSPS) is 16.7. The average molecular weight is 410 g/mol. The monoisotopic (exact) mass is 410 g/mol. The zero-order chi connectivity index (χ0) is 22.1. The molecule has 1 aliphatic heterocycles. The van der Waals surface area contributed by atoms with Crippen LogP contribution in [0.4, 0.5) is 11.4 Å². The number of para-hydroxylation sites is 2. The molecule has 7 nitrogen and oxygen atoms in total. The van der Waals surface area contributed by atoms with E-state index in [1.54, 1.807) is 51.1 Å². The summed E-state index contributed by atoms with van der Waals surface area (Å²) in [5.41, 5.74) is 0.945. The Hall–Kier alpha value is -3.35. The summed E-state index contributed by atoms with van der Waals surface area (Å²) in [7, 11) is 0. The molecule has 30 heavy (non-hydrogen) atoms. The molecule has 1 aliphatic rings. The van der Waals surface area contributed by atoms with Crippen molar-refractivity contribution in [3.05, 3.63) is 54.1 Å². The largest absolute Gasteiger partial charge is 0.479 e. The van der Waals surface area contributed by atoms with Crippen LogP contribution in [0.15, 0.2) is 48.5 Å². The summed E-state index contributed by atoms with van der Waals surface area (Å²) in [6, 6.07) is 14.3. The van der Waals surface area contributed by atoms with Gasteiger partial charge >= 0.3 is 5.97 Å². The smallest absolute Gasteiger partial charge is 0.347 e. The minimum Gasteiger partial charge on any atom is -0.479 e. The average Bonchev–Trinajstić information content (AvgIpc) is 2.68. The first-order chi connectivity index (χ1) is 14.1. The van der Waals surface area contributed by atoms with Crippen LogP contribution in [0.3, 0.4) is 0 Å². The van der Waals surface area contributed by atoms with Gasteiger partial charge in [-0.05, 0) is 64.4 Å². The number of ether oxygens (including phenoxy) is 2. The predicted molar refractivity (Wildman–Crippen MR) is 113 cm³/mol. The standard InChI is InChI=1S/C23H26N2O5/c1-14-9-8-10-17(13-14)29-16(3)21(27)30-15(2)20(26)25-19-12-7-6-11-18(19)24-22(28)23(25,4)5/h6-13,15-16H,1-5H3,(H,24,28)/t15-,16+/m0/s1. The number of fused-ring (bicyclic) bond motifs is 1. The van der Waals surface area contributed by atoms with Crippen LogP contribution >= 0.6 is 0 Å². The van der Waals surface area contributed by atoms with E-state index in [0.29, 0.717) is 17.1 Å². The summed E-state index contributed by atoms with van der Waals surface area (Å²) in [6.07, 6.45) is -1.99. The Morgan fingerprint density at radius 2 is 1.73 bits per heavy atom. The zero-order valence-corrected chi connectivity index (χ0v) is 17.8. The minimum atomic E-state index is -1.14. The van der Waals surface area contributed by atoms with Crippen molar-refractivity contribution >= 4 is 29.2 Å². The van der Waals surface area contributed by atoms with E-state index in [1.165, 1.54) is 11.8 Å². The molecule has 2 amide bonds. The highest BCUT2D eigenvalue weighted by Crippen LogP contribution is 2.37. The molecule has 0 bridgehead atoms. The lowest BCUT2D eigenvalue weighted by atomic mass is 9.95. The fourth-order valence-electron chi connectivity index (χ4n) is 3.29. The van der Waals surface area contributed by atoms with Crippen molar-refractivity contribution in [1.82, 2.24) is 0 Å². The number of rotatable bonds is 5. The van der Waals surface area contributed by atoms with Gasteiger partial charge in [0, 0.05) is 0 Å². The van der Waals surface area contributed by atoms with E-state index in [2.05, 4.69) is 5.32 Å². The van der Waals surface area contributed by atoms with Gasteiger partial charge in [-0.25, -0.2) is 4.79 Å². The first-order valence-corrected chi connectivity index (χ1v) is 9.79. The minimum absolute atomic E-state index is 0.316. The van der Waals surface area contributed by atoms with Crippen molar-refractivity contribution in [2.24, 2.45) is 0 Å². The summed E-state index contributed by atoms with van der Waals surface area (Å²) in [5, 5.41) is 2.80. The predicted octanol–water partition coefficient (Wildman–Crippen LogP) is 3.46. The van der Waals surface area contributed by atoms with E-state index >= 15 is 0 Å². The molecular formula is C23H26N2O5. The summed E-state index contributed by atoms with van der Waals surface area (Å²) < 4.78 is 11.0. The van der Waals surface area contributed by atoms with Crippen molar-refractivity contribution in [3.63, 3.8) is 0 Å². The maximum Gasteiger partial charge on any atom is 0.347 e. The third-order valence-corrected chi connectivity index (χ3v) is 5.00.